The number of amides is 1. The number of anilines is 1. The van der Waals surface area contributed by atoms with Gasteiger partial charge in [0.25, 0.3) is 0 Å². The summed E-state index contributed by atoms with van der Waals surface area (Å²) in [6.45, 7) is 3.67. The molecule has 1 aromatic heterocycles. The predicted octanol–water partition coefficient (Wildman–Crippen LogP) is 3.07. The molecule has 0 saturated carbocycles. The topological polar surface area (TPSA) is 100 Å². The van der Waals surface area contributed by atoms with Crippen molar-refractivity contribution in [1.82, 2.24) is 14.9 Å². The van der Waals surface area contributed by atoms with Crippen molar-refractivity contribution in [2.75, 3.05) is 38.7 Å². The Morgan fingerprint density at radius 1 is 1.19 bits per heavy atom. The Balaban J connectivity index is 1.50. The van der Waals surface area contributed by atoms with E-state index >= 15 is 0 Å². The molecule has 3 aromatic rings. The standard InChI is InChI=1S/C24H23N5O3/c1-31-20-11-17-19(12-21(20)32-9-8-29-6-2-3-7-29)26-14-27-23(17)22-16-10-15(13-25)4-5-18(16)28-24(22)30/h4-5,10-12,14,22H,2-3,6-9H2,1H3,(H,28,30). The number of hydrogen-bond acceptors (Lipinski definition) is 7. The molecular weight excluding hydrogens is 406 g/mol. The molecule has 2 aliphatic heterocycles. The molecule has 1 N–H and O–H groups in total. The molecule has 8 heteroatoms. The number of methoxy groups -OCH3 is 1. The van der Waals surface area contributed by atoms with Gasteiger partial charge in [-0.15, -0.1) is 0 Å². The second-order valence-corrected chi connectivity index (χ2v) is 8.01. The van der Waals surface area contributed by atoms with Crippen LogP contribution in [0.1, 0.15) is 35.6 Å². The van der Waals surface area contributed by atoms with Gasteiger partial charge in [-0.25, -0.2) is 9.97 Å². The molecule has 1 atom stereocenters. The van der Waals surface area contributed by atoms with E-state index in [1.807, 2.05) is 12.1 Å². The molecule has 2 aromatic carbocycles. The van der Waals surface area contributed by atoms with Gasteiger partial charge in [0.2, 0.25) is 5.91 Å². The SMILES string of the molecule is COc1cc2c(C3C(=O)Nc4ccc(C#N)cc43)ncnc2cc1OCCN1CCCC1. The van der Waals surface area contributed by atoms with Crippen LogP contribution in [0.2, 0.25) is 0 Å². The summed E-state index contributed by atoms with van der Waals surface area (Å²) >= 11 is 0. The minimum atomic E-state index is -0.629. The van der Waals surface area contributed by atoms with Crippen LogP contribution in [0.5, 0.6) is 11.5 Å². The number of ether oxygens (including phenoxy) is 2. The lowest BCUT2D eigenvalue weighted by Crippen LogP contribution is -2.25. The summed E-state index contributed by atoms with van der Waals surface area (Å²) in [5.41, 5.74) is 3.17. The quantitative estimate of drug-likeness (QED) is 0.643. The number of rotatable bonds is 6. The van der Waals surface area contributed by atoms with E-state index in [0.29, 0.717) is 46.0 Å². The normalized spacial score (nSPS) is 17.8. The van der Waals surface area contributed by atoms with Crippen molar-refractivity contribution in [1.29, 1.82) is 5.26 Å². The van der Waals surface area contributed by atoms with Crippen molar-refractivity contribution in [3.8, 4) is 17.6 Å². The highest BCUT2D eigenvalue weighted by atomic mass is 16.5. The fourth-order valence-corrected chi connectivity index (χ4v) is 4.48. The summed E-state index contributed by atoms with van der Waals surface area (Å²) in [4.78, 5) is 24.1. The van der Waals surface area contributed by atoms with Crippen molar-refractivity contribution in [3.63, 3.8) is 0 Å². The molecule has 1 saturated heterocycles. The second kappa shape index (κ2) is 8.44. The van der Waals surface area contributed by atoms with Crippen molar-refractivity contribution in [2.24, 2.45) is 0 Å². The number of fused-ring (bicyclic) bond motifs is 2. The van der Waals surface area contributed by atoms with Crippen molar-refractivity contribution in [3.05, 3.63) is 53.5 Å². The minimum absolute atomic E-state index is 0.181. The van der Waals surface area contributed by atoms with Gasteiger partial charge in [-0.2, -0.15) is 5.26 Å². The van der Waals surface area contributed by atoms with Crippen LogP contribution in [0, 0.1) is 11.3 Å². The molecule has 0 spiro atoms. The third-order valence-corrected chi connectivity index (χ3v) is 6.10. The zero-order chi connectivity index (χ0) is 22.1. The number of carbonyl (C=O) groups is 1. The average molecular weight is 429 g/mol. The van der Waals surface area contributed by atoms with E-state index < -0.39 is 5.92 Å². The number of likely N-dealkylation sites (tertiary alicyclic amines) is 1. The van der Waals surface area contributed by atoms with Crippen LogP contribution in [0.25, 0.3) is 10.9 Å². The maximum absolute atomic E-state index is 12.8. The van der Waals surface area contributed by atoms with Crippen LogP contribution in [-0.2, 0) is 4.79 Å². The lowest BCUT2D eigenvalue weighted by molar-refractivity contribution is -0.116. The van der Waals surface area contributed by atoms with Gasteiger partial charge in [0.1, 0.15) is 18.9 Å². The van der Waals surface area contributed by atoms with Crippen LogP contribution in [0.15, 0.2) is 36.7 Å². The molecule has 1 fully saturated rings. The number of nitrogens with one attached hydrogen (secondary N) is 1. The number of hydrogen-bond donors (Lipinski definition) is 1. The van der Waals surface area contributed by atoms with E-state index in [4.69, 9.17) is 9.47 Å². The summed E-state index contributed by atoms with van der Waals surface area (Å²) in [6, 6.07) is 11.0. The molecule has 0 radical (unpaired) electrons. The highest BCUT2D eigenvalue weighted by Crippen LogP contribution is 2.41. The Kier molecular flexibility index (Phi) is 5.33. The highest BCUT2D eigenvalue weighted by molar-refractivity contribution is 6.07. The van der Waals surface area contributed by atoms with E-state index in [0.717, 1.165) is 25.2 Å². The molecular formula is C24H23N5O3. The lowest BCUT2D eigenvalue weighted by Gasteiger charge is -2.17. The summed E-state index contributed by atoms with van der Waals surface area (Å²) in [7, 11) is 1.59. The van der Waals surface area contributed by atoms with E-state index in [1.54, 1.807) is 25.3 Å². The van der Waals surface area contributed by atoms with Crippen LogP contribution in [0.3, 0.4) is 0 Å². The zero-order valence-corrected chi connectivity index (χ0v) is 17.8. The molecule has 0 aliphatic carbocycles. The molecule has 2 aliphatic rings. The fraction of sp³-hybridized carbons (Fsp3) is 0.333. The largest absolute Gasteiger partial charge is 0.493 e. The van der Waals surface area contributed by atoms with E-state index in [9.17, 15) is 10.1 Å². The molecule has 1 amide bonds. The van der Waals surface area contributed by atoms with Crippen LogP contribution < -0.4 is 14.8 Å². The van der Waals surface area contributed by atoms with E-state index in [-0.39, 0.29) is 5.91 Å². The van der Waals surface area contributed by atoms with Crippen LogP contribution >= 0.6 is 0 Å². The van der Waals surface area contributed by atoms with Gasteiger partial charge in [0.05, 0.1) is 30.0 Å². The van der Waals surface area contributed by atoms with E-state index in [1.165, 1.54) is 19.2 Å². The molecule has 8 nitrogen and oxygen atoms in total. The third kappa shape index (κ3) is 3.61. The Bertz CT molecular complexity index is 1230. The summed E-state index contributed by atoms with van der Waals surface area (Å²) in [5, 5.41) is 12.9. The van der Waals surface area contributed by atoms with Gasteiger partial charge < -0.3 is 14.8 Å². The Morgan fingerprint density at radius 3 is 2.81 bits per heavy atom. The van der Waals surface area contributed by atoms with Gasteiger partial charge in [0, 0.05) is 23.7 Å². The number of aromatic nitrogens is 2. The van der Waals surface area contributed by atoms with Gasteiger partial charge in [-0.3, -0.25) is 9.69 Å². The van der Waals surface area contributed by atoms with E-state index in [2.05, 4.69) is 26.3 Å². The van der Waals surface area contributed by atoms with Crippen LogP contribution in [-0.4, -0.2) is 54.1 Å². The minimum Gasteiger partial charge on any atom is -0.493 e. The summed E-state index contributed by atoms with van der Waals surface area (Å²) < 4.78 is 11.6. The molecule has 1 unspecified atom stereocenters. The number of carbonyl (C=O) groups excluding carboxylic acids is 1. The Labute approximate surface area is 185 Å². The Hall–Kier alpha value is -3.70. The maximum Gasteiger partial charge on any atom is 0.238 e. The smallest absolute Gasteiger partial charge is 0.238 e. The van der Waals surface area contributed by atoms with Crippen molar-refractivity contribution >= 4 is 22.5 Å². The first-order chi connectivity index (χ1) is 15.7. The first-order valence-corrected chi connectivity index (χ1v) is 10.7. The highest BCUT2D eigenvalue weighted by Gasteiger charge is 2.34. The molecule has 5 rings (SSSR count). The predicted molar refractivity (Wildman–Crippen MR) is 119 cm³/mol. The lowest BCUT2D eigenvalue weighted by atomic mass is 9.93. The first kappa shape index (κ1) is 20.2. The van der Waals surface area contributed by atoms with Crippen LogP contribution in [0.4, 0.5) is 5.69 Å². The fourth-order valence-electron chi connectivity index (χ4n) is 4.48. The number of benzene rings is 2. The average Bonchev–Trinajstić information content (AvgIpc) is 3.44. The first-order valence-electron chi connectivity index (χ1n) is 10.7. The van der Waals surface area contributed by atoms with Gasteiger partial charge >= 0.3 is 0 Å². The molecule has 0 bridgehead atoms. The summed E-state index contributed by atoms with van der Waals surface area (Å²) in [6.07, 6.45) is 3.94. The third-order valence-electron chi connectivity index (χ3n) is 6.10. The number of nitrogens with zero attached hydrogens (tertiary/aromatic N) is 4. The van der Waals surface area contributed by atoms with Gasteiger partial charge in [0.15, 0.2) is 11.5 Å². The van der Waals surface area contributed by atoms with Gasteiger partial charge in [-0.05, 0) is 55.8 Å². The molecule has 32 heavy (non-hydrogen) atoms. The van der Waals surface area contributed by atoms with Gasteiger partial charge in [-0.1, -0.05) is 0 Å². The molecule has 3 heterocycles. The van der Waals surface area contributed by atoms with Crippen molar-refractivity contribution in [2.45, 2.75) is 18.8 Å². The van der Waals surface area contributed by atoms with Crippen molar-refractivity contribution < 1.29 is 14.3 Å². The summed E-state index contributed by atoms with van der Waals surface area (Å²) in [5.74, 6) is 0.377. The second-order valence-electron chi connectivity index (χ2n) is 8.01. The maximum atomic E-state index is 12.8. The Morgan fingerprint density at radius 2 is 2.03 bits per heavy atom. The molecule has 162 valence electrons. The zero-order valence-electron chi connectivity index (χ0n) is 17.8. The monoisotopic (exact) mass is 429 g/mol. The number of nitriles is 1.